The van der Waals surface area contributed by atoms with Crippen LogP contribution in [-0.4, -0.2) is 6.54 Å². The number of rotatable bonds is 4. The third kappa shape index (κ3) is 3.88. The lowest BCUT2D eigenvalue weighted by molar-refractivity contribution is 0.753. The molecule has 0 spiro atoms. The van der Waals surface area contributed by atoms with Gasteiger partial charge in [-0.25, -0.2) is 0 Å². The summed E-state index contributed by atoms with van der Waals surface area (Å²) in [5, 5.41) is 12.1. The summed E-state index contributed by atoms with van der Waals surface area (Å²) in [6.07, 6.45) is 2.17. The highest BCUT2D eigenvalue weighted by molar-refractivity contribution is 5.37. The van der Waals surface area contributed by atoms with Crippen molar-refractivity contribution in [1.29, 1.82) is 5.26 Å². The van der Waals surface area contributed by atoms with Crippen molar-refractivity contribution in [1.82, 2.24) is 5.32 Å². The Bertz CT molecular complexity index is 421. The molecular weight excluding hydrogens is 196 g/mol. The number of hydrogen-bond donors (Lipinski definition) is 1. The van der Waals surface area contributed by atoms with E-state index in [1.54, 1.807) is 0 Å². The third-order valence-electron chi connectivity index (χ3n) is 2.44. The number of hydrogen-bond acceptors (Lipinski definition) is 2. The molecule has 0 radical (unpaired) electrons. The molecule has 1 aromatic rings. The van der Waals surface area contributed by atoms with Gasteiger partial charge >= 0.3 is 0 Å². The number of benzene rings is 1. The van der Waals surface area contributed by atoms with Crippen molar-refractivity contribution < 1.29 is 0 Å². The maximum Gasteiger partial charge on any atom is 0.0991 e. The second-order valence-corrected chi connectivity index (χ2v) is 4.17. The van der Waals surface area contributed by atoms with Gasteiger partial charge in [0.15, 0.2) is 0 Å². The predicted octanol–water partition coefficient (Wildman–Crippen LogP) is 2.92. The highest BCUT2D eigenvalue weighted by atomic mass is 14.8. The van der Waals surface area contributed by atoms with E-state index < -0.39 is 0 Å². The first-order chi connectivity index (χ1) is 7.63. The van der Waals surface area contributed by atoms with Crippen LogP contribution < -0.4 is 5.32 Å². The minimum absolute atomic E-state index is 0.727. The zero-order valence-electron chi connectivity index (χ0n) is 10.2. The van der Waals surface area contributed by atoms with Crippen LogP contribution in [0, 0.1) is 18.3 Å². The molecule has 0 aliphatic carbocycles. The topological polar surface area (TPSA) is 35.8 Å². The van der Waals surface area contributed by atoms with Crippen molar-refractivity contribution in [3.05, 3.63) is 46.5 Å². The van der Waals surface area contributed by atoms with Crippen molar-refractivity contribution in [2.45, 2.75) is 27.3 Å². The summed E-state index contributed by atoms with van der Waals surface area (Å²) < 4.78 is 0. The van der Waals surface area contributed by atoms with E-state index in [-0.39, 0.29) is 0 Å². The molecule has 0 atom stereocenters. The molecule has 1 N–H and O–H groups in total. The minimum Gasteiger partial charge on any atom is -0.309 e. The van der Waals surface area contributed by atoms with E-state index in [2.05, 4.69) is 31.3 Å². The van der Waals surface area contributed by atoms with E-state index in [1.807, 2.05) is 25.1 Å². The van der Waals surface area contributed by atoms with Crippen molar-refractivity contribution >= 4 is 0 Å². The highest BCUT2D eigenvalue weighted by Crippen LogP contribution is 2.10. The van der Waals surface area contributed by atoms with Crippen LogP contribution >= 0.6 is 0 Å². The van der Waals surface area contributed by atoms with Crippen LogP contribution in [0.15, 0.2) is 29.8 Å². The molecule has 0 saturated carbocycles. The van der Waals surface area contributed by atoms with Gasteiger partial charge in [-0.1, -0.05) is 17.7 Å². The Morgan fingerprint density at radius 2 is 2.19 bits per heavy atom. The van der Waals surface area contributed by atoms with E-state index in [0.717, 1.165) is 18.7 Å². The van der Waals surface area contributed by atoms with Gasteiger partial charge in [0.2, 0.25) is 0 Å². The lowest BCUT2D eigenvalue weighted by Gasteiger charge is -2.06. The standard InChI is InChI=1S/C14H18N2/c1-11(2)6-7-16-10-14-5-4-13(9-15)8-12(14)3/h4-6,8,16H,7,10H2,1-3H3. The van der Waals surface area contributed by atoms with E-state index in [1.165, 1.54) is 16.7 Å². The Labute approximate surface area is 97.6 Å². The fraction of sp³-hybridized carbons (Fsp3) is 0.357. The van der Waals surface area contributed by atoms with E-state index >= 15 is 0 Å². The van der Waals surface area contributed by atoms with Gasteiger partial charge in [0.05, 0.1) is 11.6 Å². The molecule has 16 heavy (non-hydrogen) atoms. The molecule has 0 amide bonds. The fourth-order valence-electron chi connectivity index (χ4n) is 1.45. The maximum absolute atomic E-state index is 8.75. The second-order valence-electron chi connectivity index (χ2n) is 4.17. The third-order valence-corrected chi connectivity index (χ3v) is 2.44. The van der Waals surface area contributed by atoms with Gasteiger partial charge in [-0.15, -0.1) is 0 Å². The largest absolute Gasteiger partial charge is 0.309 e. The van der Waals surface area contributed by atoms with E-state index in [0.29, 0.717) is 0 Å². The number of nitriles is 1. The lowest BCUT2D eigenvalue weighted by atomic mass is 10.1. The number of nitrogens with one attached hydrogen (secondary N) is 1. The summed E-state index contributed by atoms with van der Waals surface area (Å²) in [6.45, 7) is 7.96. The number of allylic oxidation sites excluding steroid dienone is 1. The van der Waals surface area contributed by atoms with Gasteiger partial charge < -0.3 is 5.32 Å². The van der Waals surface area contributed by atoms with Crippen LogP contribution in [0.4, 0.5) is 0 Å². The molecule has 2 nitrogen and oxygen atoms in total. The summed E-state index contributed by atoms with van der Waals surface area (Å²) in [5.74, 6) is 0. The molecule has 0 aromatic heterocycles. The van der Waals surface area contributed by atoms with Crippen LogP contribution in [0.2, 0.25) is 0 Å². The molecule has 0 heterocycles. The predicted molar refractivity (Wildman–Crippen MR) is 67.0 cm³/mol. The monoisotopic (exact) mass is 214 g/mol. The molecule has 1 rings (SSSR count). The molecule has 0 aliphatic heterocycles. The van der Waals surface area contributed by atoms with Crippen LogP contribution in [0.25, 0.3) is 0 Å². The summed E-state index contributed by atoms with van der Waals surface area (Å²) >= 11 is 0. The molecule has 1 aromatic carbocycles. The van der Waals surface area contributed by atoms with Gasteiger partial charge in [0.25, 0.3) is 0 Å². The Balaban J connectivity index is 2.55. The molecule has 0 saturated heterocycles. The first kappa shape index (κ1) is 12.5. The molecule has 84 valence electrons. The molecular formula is C14H18N2. The van der Waals surface area contributed by atoms with Gasteiger partial charge in [0, 0.05) is 13.1 Å². The van der Waals surface area contributed by atoms with Gasteiger partial charge in [-0.2, -0.15) is 5.26 Å². The summed E-state index contributed by atoms with van der Waals surface area (Å²) in [6, 6.07) is 7.96. The average molecular weight is 214 g/mol. The van der Waals surface area contributed by atoms with Crippen LogP contribution in [0.5, 0.6) is 0 Å². The molecule has 0 bridgehead atoms. The number of nitrogens with zero attached hydrogens (tertiary/aromatic N) is 1. The van der Waals surface area contributed by atoms with Crippen LogP contribution in [0.3, 0.4) is 0 Å². The first-order valence-corrected chi connectivity index (χ1v) is 5.47. The zero-order chi connectivity index (χ0) is 12.0. The molecule has 0 aliphatic rings. The summed E-state index contributed by atoms with van der Waals surface area (Å²) in [5.41, 5.74) is 4.47. The molecule has 0 fully saturated rings. The Kier molecular flexibility index (Phi) is 4.75. The van der Waals surface area contributed by atoms with Crippen molar-refractivity contribution in [2.24, 2.45) is 0 Å². The van der Waals surface area contributed by atoms with Crippen LogP contribution in [-0.2, 0) is 6.54 Å². The average Bonchev–Trinajstić information content (AvgIpc) is 2.25. The van der Waals surface area contributed by atoms with Crippen molar-refractivity contribution in [3.8, 4) is 6.07 Å². The van der Waals surface area contributed by atoms with Gasteiger partial charge in [0.1, 0.15) is 0 Å². The van der Waals surface area contributed by atoms with Crippen LogP contribution in [0.1, 0.15) is 30.5 Å². The lowest BCUT2D eigenvalue weighted by Crippen LogP contribution is -2.14. The van der Waals surface area contributed by atoms with Gasteiger partial charge in [-0.3, -0.25) is 0 Å². The quantitative estimate of drug-likeness (QED) is 0.618. The summed E-state index contributed by atoms with van der Waals surface area (Å²) in [7, 11) is 0. The van der Waals surface area contributed by atoms with Crippen molar-refractivity contribution in [3.63, 3.8) is 0 Å². The zero-order valence-corrected chi connectivity index (χ0v) is 10.2. The highest BCUT2D eigenvalue weighted by Gasteiger charge is 1.98. The van der Waals surface area contributed by atoms with Crippen molar-refractivity contribution in [2.75, 3.05) is 6.54 Å². The van der Waals surface area contributed by atoms with Gasteiger partial charge in [-0.05, 0) is 44.0 Å². The van der Waals surface area contributed by atoms with E-state index in [4.69, 9.17) is 5.26 Å². The first-order valence-electron chi connectivity index (χ1n) is 5.47. The normalized spacial score (nSPS) is 9.62. The van der Waals surface area contributed by atoms with E-state index in [9.17, 15) is 0 Å². The SMILES string of the molecule is CC(C)=CCNCc1ccc(C#N)cc1C. The molecule has 0 unspecified atom stereocenters. The fourth-order valence-corrected chi connectivity index (χ4v) is 1.45. The number of aryl methyl sites for hydroxylation is 1. The molecule has 2 heteroatoms. The Morgan fingerprint density at radius 3 is 2.75 bits per heavy atom. The Morgan fingerprint density at radius 1 is 1.44 bits per heavy atom. The summed E-state index contributed by atoms with van der Waals surface area (Å²) in [4.78, 5) is 0. The Hall–Kier alpha value is -1.59. The minimum atomic E-state index is 0.727. The second kappa shape index (κ2) is 6.09. The smallest absolute Gasteiger partial charge is 0.0991 e. The maximum atomic E-state index is 8.75.